The normalized spacial score (nSPS) is 11.1. The molecular formula is C16H31N3. The Morgan fingerprint density at radius 2 is 1.68 bits per heavy atom. The number of unbranched alkanes of at least 4 members (excludes halogenated alkanes) is 7. The first-order chi connectivity index (χ1) is 9.34. The van der Waals surface area contributed by atoms with Gasteiger partial charge in [-0.15, -0.1) is 0 Å². The molecule has 0 radical (unpaired) electrons. The van der Waals surface area contributed by atoms with Crippen LogP contribution in [0.1, 0.15) is 64.0 Å². The highest BCUT2D eigenvalue weighted by Gasteiger charge is 1.97. The molecule has 0 aliphatic rings. The summed E-state index contributed by atoms with van der Waals surface area (Å²) in [6.45, 7) is 4.50. The minimum absolute atomic E-state index is 1.07. The maximum Gasteiger partial charge on any atom is 0.0492 e. The molecule has 1 N–H and O–H groups in total. The number of hydrogen-bond donors (Lipinski definition) is 1. The minimum atomic E-state index is 1.07. The molecule has 0 spiro atoms. The predicted molar refractivity (Wildman–Crippen MR) is 82.4 cm³/mol. The first kappa shape index (κ1) is 16.2. The van der Waals surface area contributed by atoms with E-state index < -0.39 is 0 Å². The van der Waals surface area contributed by atoms with Crippen molar-refractivity contribution in [2.45, 2.75) is 64.7 Å². The van der Waals surface area contributed by atoms with Crippen LogP contribution in [0.15, 0.2) is 12.3 Å². The van der Waals surface area contributed by atoms with Gasteiger partial charge in [-0.05, 0) is 19.0 Å². The second kappa shape index (κ2) is 11.0. The lowest BCUT2D eigenvalue weighted by Gasteiger charge is -2.05. The number of nitrogens with one attached hydrogen (secondary N) is 1. The molecule has 0 aliphatic heterocycles. The molecule has 0 fully saturated rings. The molecule has 0 saturated heterocycles. The van der Waals surface area contributed by atoms with Crippen molar-refractivity contribution in [1.29, 1.82) is 0 Å². The average Bonchev–Trinajstić information content (AvgIpc) is 2.82. The summed E-state index contributed by atoms with van der Waals surface area (Å²) < 4.78 is 1.96. The van der Waals surface area contributed by atoms with Crippen molar-refractivity contribution in [1.82, 2.24) is 15.1 Å². The SMILES string of the molecule is CCCCCCCCCCNCCc1ccnn1C. The van der Waals surface area contributed by atoms with Gasteiger partial charge in [-0.25, -0.2) is 0 Å². The van der Waals surface area contributed by atoms with E-state index >= 15 is 0 Å². The van der Waals surface area contributed by atoms with Gasteiger partial charge in [0.1, 0.15) is 0 Å². The number of aromatic nitrogens is 2. The van der Waals surface area contributed by atoms with Gasteiger partial charge in [0.15, 0.2) is 0 Å². The van der Waals surface area contributed by atoms with Crippen LogP contribution in [0.3, 0.4) is 0 Å². The molecule has 0 bridgehead atoms. The topological polar surface area (TPSA) is 29.9 Å². The van der Waals surface area contributed by atoms with Crippen molar-refractivity contribution in [2.75, 3.05) is 13.1 Å². The van der Waals surface area contributed by atoms with Crippen LogP contribution in [-0.2, 0) is 13.5 Å². The predicted octanol–water partition coefficient (Wildman–Crippen LogP) is 3.69. The smallest absolute Gasteiger partial charge is 0.0492 e. The fourth-order valence-corrected chi connectivity index (χ4v) is 2.37. The highest BCUT2D eigenvalue weighted by atomic mass is 15.3. The van der Waals surface area contributed by atoms with E-state index in [9.17, 15) is 0 Å². The van der Waals surface area contributed by atoms with Gasteiger partial charge in [0, 0.05) is 31.9 Å². The van der Waals surface area contributed by atoms with E-state index in [2.05, 4.69) is 23.4 Å². The third-order valence-electron chi connectivity index (χ3n) is 3.69. The molecular weight excluding hydrogens is 234 g/mol. The van der Waals surface area contributed by atoms with E-state index in [4.69, 9.17) is 0 Å². The fraction of sp³-hybridized carbons (Fsp3) is 0.812. The van der Waals surface area contributed by atoms with Gasteiger partial charge in [0.05, 0.1) is 0 Å². The second-order valence-electron chi connectivity index (χ2n) is 5.42. The zero-order valence-electron chi connectivity index (χ0n) is 12.8. The zero-order valence-corrected chi connectivity index (χ0v) is 12.8. The Morgan fingerprint density at radius 1 is 1.00 bits per heavy atom. The summed E-state index contributed by atoms with van der Waals surface area (Å²) in [5.74, 6) is 0. The van der Waals surface area contributed by atoms with Gasteiger partial charge >= 0.3 is 0 Å². The molecule has 0 amide bonds. The molecule has 0 unspecified atom stereocenters. The van der Waals surface area contributed by atoms with E-state index in [1.165, 1.54) is 57.1 Å². The summed E-state index contributed by atoms with van der Waals surface area (Å²) in [6, 6.07) is 2.10. The summed E-state index contributed by atoms with van der Waals surface area (Å²) in [4.78, 5) is 0. The number of hydrogen-bond acceptors (Lipinski definition) is 2. The van der Waals surface area contributed by atoms with Crippen LogP contribution >= 0.6 is 0 Å². The summed E-state index contributed by atoms with van der Waals surface area (Å²) in [5, 5.41) is 7.70. The Balaban J connectivity index is 1.80. The Labute approximate surface area is 118 Å². The molecule has 0 saturated carbocycles. The molecule has 3 heteroatoms. The quantitative estimate of drug-likeness (QED) is 0.584. The second-order valence-corrected chi connectivity index (χ2v) is 5.42. The average molecular weight is 265 g/mol. The van der Waals surface area contributed by atoms with Crippen molar-refractivity contribution < 1.29 is 0 Å². The summed E-state index contributed by atoms with van der Waals surface area (Å²) in [7, 11) is 2.01. The lowest BCUT2D eigenvalue weighted by atomic mass is 10.1. The van der Waals surface area contributed by atoms with E-state index in [1.807, 2.05) is 17.9 Å². The van der Waals surface area contributed by atoms with Crippen molar-refractivity contribution in [3.8, 4) is 0 Å². The lowest BCUT2D eigenvalue weighted by molar-refractivity contribution is 0.553. The van der Waals surface area contributed by atoms with Gasteiger partial charge < -0.3 is 5.32 Å². The highest BCUT2D eigenvalue weighted by Crippen LogP contribution is 2.07. The molecule has 1 rings (SSSR count). The fourth-order valence-electron chi connectivity index (χ4n) is 2.37. The van der Waals surface area contributed by atoms with Gasteiger partial charge in [0.2, 0.25) is 0 Å². The maximum atomic E-state index is 4.18. The molecule has 1 aromatic heterocycles. The Morgan fingerprint density at radius 3 is 2.32 bits per heavy atom. The zero-order chi connectivity index (χ0) is 13.8. The van der Waals surface area contributed by atoms with Crippen LogP contribution in [0, 0.1) is 0 Å². The Hall–Kier alpha value is -0.830. The van der Waals surface area contributed by atoms with Crippen molar-refractivity contribution in [3.05, 3.63) is 18.0 Å². The molecule has 1 aromatic rings. The highest BCUT2D eigenvalue weighted by molar-refractivity contribution is 5.00. The van der Waals surface area contributed by atoms with Gasteiger partial charge in [-0.1, -0.05) is 51.9 Å². The van der Waals surface area contributed by atoms with Gasteiger partial charge in [-0.3, -0.25) is 4.68 Å². The molecule has 19 heavy (non-hydrogen) atoms. The number of rotatable bonds is 12. The summed E-state index contributed by atoms with van der Waals surface area (Å²) >= 11 is 0. The molecule has 1 heterocycles. The maximum absolute atomic E-state index is 4.18. The number of aryl methyl sites for hydroxylation is 1. The Bertz CT molecular complexity index is 307. The van der Waals surface area contributed by atoms with Crippen LogP contribution in [0.25, 0.3) is 0 Å². The first-order valence-corrected chi connectivity index (χ1v) is 8.02. The van der Waals surface area contributed by atoms with Gasteiger partial charge in [0.25, 0.3) is 0 Å². The molecule has 0 aliphatic carbocycles. The van der Waals surface area contributed by atoms with Crippen molar-refractivity contribution >= 4 is 0 Å². The monoisotopic (exact) mass is 265 g/mol. The summed E-state index contributed by atoms with van der Waals surface area (Å²) in [6.07, 6.45) is 14.1. The molecule has 3 nitrogen and oxygen atoms in total. The standard InChI is InChI=1S/C16H31N3/c1-3-4-5-6-7-8-9-10-13-17-14-11-16-12-15-18-19(16)2/h12,15,17H,3-11,13-14H2,1-2H3. The van der Waals surface area contributed by atoms with Crippen LogP contribution in [0.5, 0.6) is 0 Å². The third kappa shape index (κ3) is 8.04. The van der Waals surface area contributed by atoms with Crippen LogP contribution in [0.4, 0.5) is 0 Å². The van der Waals surface area contributed by atoms with Crippen LogP contribution < -0.4 is 5.32 Å². The largest absolute Gasteiger partial charge is 0.316 e. The van der Waals surface area contributed by atoms with Crippen molar-refractivity contribution in [3.63, 3.8) is 0 Å². The van der Waals surface area contributed by atoms with Gasteiger partial charge in [-0.2, -0.15) is 5.10 Å². The number of nitrogens with zero attached hydrogens (tertiary/aromatic N) is 2. The van der Waals surface area contributed by atoms with E-state index in [0.29, 0.717) is 0 Å². The molecule has 0 atom stereocenters. The molecule has 0 aromatic carbocycles. The van der Waals surface area contributed by atoms with E-state index in [0.717, 1.165) is 19.5 Å². The third-order valence-corrected chi connectivity index (χ3v) is 3.69. The first-order valence-electron chi connectivity index (χ1n) is 8.02. The minimum Gasteiger partial charge on any atom is -0.316 e. The van der Waals surface area contributed by atoms with E-state index in [1.54, 1.807) is 0 Å². The van der Waals surface area contributed by atoms with Crippen molar-refractivity contribution in [2.24, 2.45) is 7.05 Å². The Kier molecular flexibility index (Phi) is 9.42. The summed E-state index contributed by atoms with van der Waals surface area (Å²) in [5.41, 5.74) is 1.31. The van der Waals surface area contributed by atoms with Crippen LogP contribution in [-0.4, -0.2) is 22.9 Å². The van der Waals surface area contributed by atoms with Crippen LogP contribution in [0.2, 0.25) is 0 Å². The van der Waals surface area contributed by atoms with E-state index in [-0.39, 0.29) is 0 Å². The lowest BCUT2D eigenvalue weighted by Crippen LogP contribution is -2.19. The molecule has 110 valence electrons.